The Hall–Kier alpha value is -4.85. The second-order valence-electron chi connectivity index (χ2n) is 9.74. The molecule has 0 bridgehead atoms. The molecule has 1 N–H and O–H groups in total. The molecule has 1 fully saturated rings. The maximum absolute atomic E-state index is 14.0. The number of anilines is 4. The first-order valence-corrected chi connectivity index (χ1v) is 12.9. The van der Waals surface area contributed by atoms with Crippen molar-refractivity contribution in [3.63, 3.8) is 0 Å². The normalized spacial score (nSPS) is 14.5. The van der Waals surface area contributed by atoms with Gasteiger partial charge in [0.05, 0.1) is 29.4 Å². The van der Waals surface area contributed by atoms with Crippen molar-refractivity contribution in [3.05, 3.63) is 95.8 Å². The van der Waals surface area contributed by atoms with Crippen LogP contribution in [0.4, 0.5) is 27.1 Å². The molecule has 0 radical (unpaired) electrons. The molecule has 0 atom stereocenters. The molecule has 1 aromatic heterocycles. The fraction of sp³-hybridized carbons (Fsp3) is 0.161. The number of nitrogens with zero attached hydrogens (tertiary/aromatic N) is 3. The number of halogens is 1. The zero-order chi connectivity index (χ0) is 26.5. The van der Waals surface area contributed by atoms with E-state index >= 15 is 0 Å². The number of piperazine rings is 1. The van der Waals surface area contributed by atoms with Gasteiger partial charge in [-0.1, -0.05) is 35.5 Å². The Morgan fingerprint density at radius 1 is 0.897 bits per heavy atom. The molecule has 5 aromatic rings. The summed E-state index contributed by atoms with van der Waals surface area (Å²) in [5.74, 6) is 0.946. The van der Waals surface area contributed by atoms with E-state index in [0.717, 1.165) is 48.9 Å². The summed E-state index contributed by atoms with van der Waals surface area (Å²) in [5.41, 5.74) is 5.63. The number of aromatic nitrogens is 1. The summed E-state index contributed by atoms with van der Waals surface area (Å²) in [6.45, 7) is 3.14. The standard InChI is InChI=1S/C31H25FN4O3/c1-38-22-11-9-21(10-12-22)35-13-15-36(16-14-35)26-18-25(33-20-6-4-5-19(32)17-20)27-28-29(26)34-39-31(28)24-8-3-2-7-23(24)30(27)37/h2-12,17-18,33H,13-16H2,1H3. The summed E-state index contributed by atoms with van der Waals surface area (Å²) in [6.07, 6.45) is 0. The van der Waals surface area contributed by atoms with E-state index in [1.54, 1.807) is 25.3 Å². The molecule has 2 aliphatic rings. The number of benzene rings is 4. The van der Waals surface area contributed by atoms with Crippen LogP contribution in [0.2, 0.25) is 0 Å². The molecule has 4 aromatic carbocycles. The third-order valence-corrected chi connectivity index (χ3v) is 7.54. The predicted octanol–water partition coefficient (Wildman–Crippen LogP) is 6.26. The summed E-state index contributed by atoms with van der Waals surface area (Å²) < 4.78 is 25.2. The molecular formula is C31H25FN4O3. The number of hydrogen-bond acceptors (Lipinski definition) is 7. The number of nitrogens with one attached hydrogen (secondary N) is 1. The van der Waals surface area contributed by atoms with E-state index in [1.165, 1.54) is 12.1 Å². The lowest BCUT2D eigenvalue weighted by Gasteiger charge is -2.37. The van der Waals surface area contributed by atoms with Crippen molar-refractivity contribution < 1.29 is 18.4 Å². The summed E-state index contributed by atoms with van der Waals surface area (Å²) >= 11 is 0. The van der Waals surface area contributed by atoms with Crippen molar-refractivity contribution in [3.8, 4) is 17.1 Å². The van der Waals surface area contributed by atoms with Crippen LogP contribution in [-0.2, 0) is 0 Å². The number of ether oxygens (including phenoxy) is 1. The van der Waals surface area contributed by atoms with E-state index in [2.05, 4.69) is 32.4 Å². The Kier molecular flexibility index (Phi) is 5.47. The van der Waals surface area contributed by atoms with Crippen LogP contribution in [0.3, 0.4) is 0 Å². The van der Waals surface area contributed by atoms with E-state index in [0.29, 0.717) is 39.2 Å². The third-order valence-electron chi connectivity index (χ3n) is 7.54. The Bertz CT molecular complexity index is 1720. The largest absolute Gasteiger partial charge is 0.497 e. The molecule has 0 saturated carbocycles. The quantitative estimate of drug-likeness (QED) is 0.288. The van der Waals surface area contributed by atoms with Gasteiger partial charge in [-0.15, -0.1) is 0 Å². The Morgan fingerprint density at radius 3 is 2.38 bits per heavy atom. The van der Waals surface area contributed by atoms with Crippen LogP contribution < -0.4 is 19.9 Å². The minimum Gasteiger partial charge on any atom is -0.497 e. The van der Waals surface area contributed by atoms with Crippen molar-refractivity contribution in [2.45, 2.75) is 0 Å². The first-order valence-electron chi connectivity index (χ1n) is 12.9. The van der Waals surface area contributed by atoms with Crippen molar-refractivity contribution in [1.82, 2.24) is 5.16 Å². The van der Waals surface area contributed by atoms with Gasteiger partial charge in [0.25, 0.3) is 0 Å². The van der Waals surface area contributed by atoms with Gasteiger partial charge in [0, 0.05) is 48.7 Å². The molecule has 1 aliphatic heterocycles. The zero-order valence-electron chi connectivity index (χ0n) is 21.3. The molecule has 7 nitrogen and oxygen atoms in total. The summed E-state index contributed by atoms with van der Waals surface area (Å²) in [6, 6.07) is 23.7. The zero-order valence-corrected chi connectivity index (χ0v) is 21.3. The summed E-state index contributed by atoms with van der Waals surface area (Å²) in [4.78, 5) is 18.4. The predicted molar refractivity (Wildman–Crippen MR) is 150 cm³/mol. The average molecular weight is 521 g/mol. The molecule has 39 heavy (non-hydrogen) atoms. The van der Waals surface area contributed by atoms with Crippen molar-refractivity contribution in [1.29, 1.82) is 0 Å². The Labute approximate surface area is 224 Å². The number of methoxy groups -OCH3 is 1. The first kappa shape index (κ1) is 23.3. The second-order valence-corrected chi connectivity index (χ2v) is 9.74. The maximum atomic E-state index is 14.0. The number of carbonyl (C=O) groups excluding carboxylic acids is 1. The van der Waals surface area contributed by atoms with Gasteiger partial charge in [0.1, 0.15) is 17.1 Å². The van der Waals surface area contributed by atoms with Gasteiger partial charge in [-0.2, -0.15) is 0 Å². The molecule has 0 unspecified atom stereocenters. The van der Waals surface area contributed by atoms with Crippen molar-refractivity contribution in [2.75, 3.05) is 48.4 Å². The number of ketones is 1. The number of rotatable bonds is 5. The lowest BCUT2D eigenvalue weighted by atomic mass is 9.86. The summed E-state index contributed by atoms with van der Waals surface area (Å²) in [5, 5.41) is 8.48. The lowest BCUT2D eigenvalue weighted by molar-refractivity contribution is 0.104. The Balaban J connectivity index is 1.30. The monoisotopic (exact) mass is 520 g/mol. The number of fused-ring (bicyclic) bond motifs is 2. The second kappa shape index (κ2) is 9.16. The van der Waals surface area contributed by atoms with Crippen LogP contribution in [0, 0.1) is 5.82 Å². The molecule has 194 valence electrons. The molecule has 0 spiro atoms. The molecule has 7 rings (SSSR count). The van der Waals surface area contributed by atoms with Crippen LogP contribution in [0.1, 0.15) is 15.9 Å². The summed E-state index contributed by atoms with van der Waals surface area (Å²) in [7, 11) is 1.66. The highest BCUT2D eigenvalue weighted by atomic mass is 19.1. The molecule has 8 heteroatoms. The molecule has 0 amide bonds. The maximum Gasteiger partial charge on any atom is 0.196 e. The fourth-order valence-electron chi connectivity index (χ4n) is 5.60. The van der Waals surface area contributed by atoms with Gasteiger partial charge in [0.2, 0.25) is 0 Å². The smallest absolute Gasteiger partial charge is 0.196 e. The highest BCUT2D eigenvalue weighted by molar-refractivity contribution is 6.28. The third kappa shape index (κ3) is 3.87. The highest BCUT2D eigenvalue weighted by Crippen LogP contribution is 2.46. The van der Waals surface area contributed by atoms with E-state index in [-0.39, 0.29) is 11.6 Å². The average Bonchev–Trinajstić information content (AvgIpc) is 3.42. The topological polar surface area (TPSA) is 70.8 Å². The van der Waals surface area contributed by atoms with Gasteiger partial charge in [-0.3, -0.25) is 4.79 Å². The molecule has 1 aliphatic carbocycles. The minimum atomic E-state index is -0.355. The lowest BCUT2D eigenvalue weighted by Crippen LogP contribution is -2.46. The van der Waals surface area contributed by atoms with E-state index in [4.69, 9.17) is 9.26 Å². The van der Waals surface area contributed by atoms with Crippen LogP contribution >= 0.6 is 0 Å². The van der Waals surface area contributed by atoms with Gasteiger partial charge >= 0.3 is 0 Å². The van der Waals surface area contributed by atoms with Crippen LogP contribution in [0.15, 0.2) is 83.4 Å². The fourth-order valence-corrected chi connectivity index (χ4v) is 5.60. The number of hydrogen-bond donors (Lipinski definition) is 1. The van der Waals surface area contributed by atoms with Gasteiger partial charge in [-0.05, 0) is 48.5 Å². The number of carbonyl (C=O) groups is 1. The van der Waals surface area contributed by atoms with Gasteiger partial charge in [0.15, 0.2) is 11.5 Å². The van der Waals surface area contributed by atoms with Gasteiger partial charge in [-0.25, -0.2) is 4.39 Å². The van der Waals surface area contributed by atoms with E-state index in [1.807, 2.05) is 36.4 Å². The molecule has 2 heterocycles. The van der Waals surface area contributed by atoms with E-state index < -0.39 is 0 Å². The van der Waals surface area contributed by atoms with Crippen molar-refractivity contribution in [2.24, 2.45) is 0 Å². The highest BCUT2D eigenvalue weighted by Gasteiger charge is 2.34. The van der Waals surface area contributed by atoms with Gasteiger partial charge < -0.3 is 24.4 Å². The Morgan fingerprint density at radius 2 is 1.64 bits per heavy atom. The molecular weight excluding hydrogens is 495 g/mol. The molecule has 1 saturated heterocycles. The van der Waals surface area contributed by atoms with Crippen LogP contribution in [0.5, 0.6) is 5.75 Å². The van der Waals surface area contributed by atoms with Crippen LogP contribution in [0.25, 0.3) is 22.2 Å². The minimum absolute atomic E-state index is 0.110. The van der Waals surface area contributed by atoms with E-state index in [9.17, 15) is 9.18 Å². The van der Waals surface area contributed by atoms with Crippen LogP contribution in [-0.4, -0.2) is 44.2 Å². The first-order chi connectivity index (χ1) is 19.1. The SMILES string of the molecule is COc1ccc(N2CCN(c3cc(Nc4cccc(F)c4)c4c5c(onc35)-c3ccccc3C4=O)CC2)cc1. The van der Waals surface area contributed by atoms with Crippen molar-refractivity contribution >= 4 is 39.4 Å².